The summed E-state index contributed by atoms with van der Waals surface area (Å²) < 4.78 is 0. The van der Waals surface area contributed by atoms with Crippen molar-refractivity contribution in [2.24, 2.45) is 0 Å². The SMILES string of the molecule is CCc1ccccc1CN1CC2CCCCN2CC1CC. The van der Waals surface area contributed by atoms with Gasteiger partial charge < -0.3 is 0 Å². The lowest BCUT2D eigenvalue weighted by molar-refractivity contribution is 0.00316. The van der Waals surface area contributed by atoms with Crippen molar-refractivity contribution in [1.82, 2.24) is 9.80 Å². The minimum absolute atomic E-state index is 0.740. The smallest absolute Gasteiger partial charge is 0.0240 e. The Hall–Kier alpha value is -0.860. The van der Waals surface area contributed by atoms with Crippen LogP contribution in [0.2, 0.25) is 0 Å². The summed E-state index contributed by atoms with van der Waals surface area (Å²) in [6.07, 6.45) is 6.67. The van der Waals surface area contributed by atoms with Crippen molar-refractivity contribution in [2.75, 3.05) is 19.6 Å². The predicted octanol–water partition coefficient (Wildman–Crippen LogP) is 3.70. The van der Waals surface area contributed by atoms with Gasteiger partial charge in [0.15, 0.2) is 0 Å². The monoisotopic (exact) mass is 286 g/mol. The molecule has 0 aliphatic carbocycles. The Morgan fingerprint density at radius 3 is 2.62 bits per heavy atom. The Morgan fingerprint density at radius 2 is 1.86 bits per heavy atom. The van der Waals surface area contributed by atoms with Crippen LogP contribution in [0.5, 0.6) is 0 Å². The lowest BCUT2D eigenvalue weighted by Gasteiger charge is -2.48. The van der Waals surface area contributed by atoms with Crippen molar-refractivity contribution in [1.29, 1.82) is 0 Å². The summed E-state index contributed by atoms with van der Waals surface area (Å²) in [6, 6.07) is 10.6. The Labute approximate surface area is 130 Å². The van der Waals surface area contributed by atoms with Gasteiger partial charge in [0.2, 0.25) is 0 Å². The molecule has 2 saturated heterocycles. The molecule has 116 valence electrons. The van der Waals surface area contributed by atoms with E-state index in [1.165, 1.54) is 50.9 Å². The van der Waals surface area contributed by atoms with Crippen LogP contribution in [-0.2, 0) is 13.0 Å². The van der Waals surface area contributed by atoms with E-state index in [0.29, 0.717) is 0 Å². The van der Waals surface area contributed by atoms with Crippen molar-refractivity contribution < 1.29 is 0 Å². The van der Waals surface area contributed by atoms with Gasteiger partial charge in [-0.25, -0.2) is 0 Å². The third-order valence-corrected chi connectivity index (χ3v) is 5.50. The molecule has 21 heavy (non-hydrogen) atoms. The van der Waals surface area contributed by atoms with Gasteiger partial charge in [-0.2, -0.15) is 0 Å². The summed E-state index contributed by atoms with van der Waals surface area (Å²) in [4.78, 5) is 5.53. The van der Waals surface area contributed by atoms with E-state index in [1.54, 1.807) is 5.56 Å². The van der Waals surface area contributed by atoms with E-state index < -0.39 is 0 Å². The second-order valence-electron chi connectivity index (χ2n) is 6.76. The number of hydrogen-bond acceptors (Lipinski definition) is 2. The van der Waals surface area contributed by atoms with Crippen LogP contribution in [0, 0.1) is 0 Å². The molecule has 2 heteroatoms. The van der Waals surface area contributed by atoms with Crippen molar-refractivity contribution in [3.63, 3.8) is 0 Å². The average Bonchev–Trinajstić information content (AvgIpc) is 2.54. The van der Waals surface area contributed by atoms with Gasteiger partial charge in [0.25, 0.3) is 0 Å². The molecule has 0 amide bonds. The lowest BCUT2D eigenvalue weighted by atomic mass is 9.94. The van der Waals surface area contributed by atoms with E-state index in [0.717, 1.165) is 25.0 Å². The Morgan fingerprint density at radius 1 is 1.05 bits per heavy atom. The molecule has 2 heterocycles. The highest BCUT2D eigenvalue weighted by atomic mass is 15.3. The summed E-state index contributed by atoms with van der Waals surface area (Å²) in [5.74, 6) is 0. The molecule has 3 rings (SSSR count). The number of piperidine rings is 1. The van der Waals surface area contributed by atoms with E-state index in [2.05, 4.69) is 47.9 Å². The minimum Gasteiger partial charge on any atom is -0.298 e. The number of rotatable bonds is 4. The molecule has 2 aliphatic rings. The number of fused-ring (bicyclic) bond motifs is 1. The third-order valence-electron chi connectivity index (χ3n) is 5.50. The Kier molecular flexibility index (Phi) is 4.97. The fraction of sp³-hybridized carbons (Fsp3) is 0.684. The summed E-state index contributed by atoms with van der Waals surface area (Å²) >= 11 is 0. The molecule has 1 aromatic carbocycles. The van der Waals surface area contributed by atoms with Crippen LogP contribution in [0.4, 0.5) is 0 Å². The molecule has 0 N–H and O–H groups in total. The Balaban J connectivity index is 1.73. The van der Waals surface area contributed by atoms with Crippen LogP contribution in [0.15, 0.2) is 24.3 Å². The molecular weight excluding hydrogens is 256 g/mol. The van der Waals surface area contributed by atoms with Crippen molar-refractivity contribution in [3.8, 4) is 0 Å². The molecule has 0 aromatic heterocycles. The van der Waals surface area contributed by atoms with Crippen LogP contribution in [0.1, 0.15) is 50.7 Å². The standard InChI is InChI=1S/C19H30N2/c1-3-16-9-5-6-10-17(16)13-21-15-19-11-7-8-12-20(19)14-18(21)4-2/h5-6,9-10,18-19H,3-4,7-8,11-15H2,1-2H3. The van der Waals surface area contributed by atoms with E-state index in [-0.39, 0.29) is 0 Å². The zero-order chi connectivity index (χ0) is 14.7. The van der Waals surface area contributed by atoms with Crippen LogP contribution in [0.3, 0.4) is 0 Å². The van der Waals surface area contributed by atoms with Crippen LogP contribution >= 0.6 is 0 Å². The van der Waals surface area contributed by atoms with Gasteiger partial charge in [0.1, 0.15) is 0 Å². The largest absolute Gasteiger partial charge is 0.298 e. The van der Waals surface area contributed by atoms with E-state index in [4.69, 9.17) is 0 Å². The maximum atomic E-state index is 2.76. The first-order valence-electron chi connectivity index (χ1n) is 8.86. The molecule has 2 fully saturated rings. The first kappa shape index (κ1) is 15.1. The van der Waals surface area contributed by atoms with E-state index in [1.807, 2.05) is 0 Å². The molecule has 0 radical (unpaired) electrons. The predicted molar refractivity (Wildman–Crippen MR) is 89.5 cm³/mol. The molecule has 2 aliphatic heterocycles. The number of hydrogen-bond donors (Lipinski definition) is 0. The van der Waals surface area contributed by atoms with Gasteiger partial charge >= 0.3 is 0 Å². The highest BCUT2D eigenvalue weighted by Crippen LogP contribution is 2.27. The van der Waals surface area contributed by atoms with Crippen molar-refractivity contribution in [3.05, 3.63) is 35.4 Å². The second-order valence-corrected chi connectivity index (χ2v) is 6.76. The minimum atomic E-state index is 0.740. The zero-order valence-corrected chi connectivity index (χ0v) is 13.7. The van der Waals surface area contributed by atoms with Gasteiger partial charge in [-0.1, -0.05) is 44.5 Å². The van der Waals surface area contributed by atoms with Crippen molar-refractivity contribution >= 4 is 0 Å². The number of nitrogens with zero attached hydrogens (tertiary/aromatic N) is 2. The van der Waals surface area contributed by atoms with Crippen LogP contribution in [-0.4, -0.2) is 41.5 Å². The van der Waals surface area contributed by atoms with Gasteiger partial charge in [-0.3, -0.25) is 9.80 Å². The molecule has 0 saturated carbocycles. The molecule has 2 nitrogen and oxygen atoms in total. The van der Waals surface area contributed by atoms with Crippen molar-refractivity contribution in [2.45, 2.75) is 64.6 Å². The molecule has 1 aromatic rings. The fourth-order valence-corrected chi connectivity index (χ4v) is 4.17. The highest BCUT2D eigenvalue weighted by molar-refractivity contribution is 5.27. The Bertz CT molecular complexity index is 457. The van der Waals surface area contributed by atoms with Gasteiger partial charge in [-0.05, 0) is 43.4 Å². The quantitative estimate of drug-likeness (QED) is 0.833. The van der Waals surface area contributed by atoms with E-state index in [9.17, 15) is 0 Å². The number of piperazine rings is 1. The topological polar surface area (TPSA) is 6.48 Å². The maximum Gasteiger partial charge on any atom is 0.0240 e. The molecule has 0 spiro atoms. The lowest BCUT2D eigenvalue weighted by Crippen LogP contribution is -2.59. The summed E-state index contributed by atoms with van der Waals surface area (Å²) in [5, 5.41) is 0. The molecule has 0 bridgehead atoms. The average molecular weight is 286 g/mol. The summed E-state index contributed by atoms with van der Waals surface area (Å²) in [7, 11) is 0. The molecule has 2 unspecified atom stereocenters. The molecule has 2 atom stereocenters. The zero-order valence-electron chi connectivity index (χ0n) is 13.7. The molecular formula is C19H30N2. The first-order valence-corrected chi connectivity index (χ1v) is 8.86. The van der Waals surface area contributed by atoms with E-state index >= 15 is 0 Å². The third kappa shape index (κ3) is 3.32. The normalized spacial score (nSPS) is 27.5. The summed E-state index contributed by atoms with van der Waals surface area (Å²) in [6.45, 7) is 9.67. The van der Waals surface area contributed by atoms with Gasteiger partial charge in [0.05, 0.1) is 0 Å². The fourth-order valence-electron chi connectivity index (χ4n) is 4.17. The summed E-state index contributed by atoms with van der Waals surface area (Å²) in [5.41, 5.74) is 3.07. The second kappa shape index (κ2) is 6.93. The van der Waals surface area contributed by atoms with Gasteiger partial charge in [-0.15, -0.1) is 0 Å². The number of benzene rings is 1. The first-order chi connectivity index (χ1) is 10.3. The maximum absolute atomic E-state index is 2.76. The van der Waals surface area contributed by atoms with Gasteiger partial charge in [0, 0.05) is 31.7 Å². The van der Waals surface area contributed by atoms with Crippen LogP contribution in [0.25, 0.3) is 0 Å². The van der Waals surface area contributed by atoms with Crippen LogP contribution < -0.4 is 0 Å². The highest BCUT2D eigenvalue weighted by Gasteiger charge is 2.34. The number of aryl methyl sites for hydroxylation is 1.